The number of nitrogens with zero attached hydrogens (tertiary/aromatic N) is 1. The van der Waals surface area contributed by atoms with Crippen molar-refractivity contribution >= 4 is 15.2 Å². The number of rotatable bonds is 3. The van der Waals surface area contributed by atoms with Crippen molar-refractivity contribution in [3.63, 3.8) is 0 Å². The van der Waals surface area contributed by atoms with E-state index in [4.69, 9.17) is 4.74 Å². The van der Waals surface area contributed by atoms with E-state index >= 15 is 0 Å². The molecule has 1 aromatic rings. The van der Waals surface area contributed by atoms with E-state index in [2.05, 4.69) is 32.9 Å². The van der Waals surface area contributed by atoms with Gasteiger partial charge in [0.05, 0.1) is 18.2 Å². The molecule has 4 heteroatoms. The Kier molecular flexibility index (Phi) is 3.90. The second kappa shape index (κ2) is 5.55. The first-order valence-electron chi connectivity index (χ1n) is 7.43. The van der Waals surface area contributed by atoms with Gasteiger partial charge in [0.1, 0.15) is 0 Å². The van der Waals surface area contributed by atoms with Crippen LogP contribution in [0.5, 0.6) is 0 Å². The predicted molar refractivity (Wildman–Crippen MR) is 87.3 cm³/mol. The van der Waals surface area contributed by atoms with Crippen LogP contribution in [0.4, 0.5) is 0 Å². The number of ether oxygens (including phenoxy) is 1. The number of fused-ring (bicyclic) bond motifs is 2. The second-order valence-electron chi connectivity index (χ2n) is 6.08. The second-order valence-corrected chi connectivity index (χ2v) is 6.44. The summed E-state index contributed by atoms with van der Waals surface area (Å²) in [6.45, 7) is 4.25. The lowest BCUT2D eigenvalue weighted by molar-refractivity contribution is 0.0600. The summed E-state index contributed by atoms with van der Waals surface area (Å²) in [4.78, 5) is 14.2. The lowest BCUT2D eigenvalue weighted by Gasteiger charge is -2.45. The van der Waals surface area contributed by atoms with E-state index in [9.17, 15) is 4.79 Å². The number of carbonyl (C=O) groups is 1. The molecular weight excluding hydrogens is 281 g/mol. The Balaban J connectivity index is 1.97. The Morgan fingerprint density at radius 2 is 2.19 bits per heavy atom. The summed E-state index contributed by atoms with van der Waals surface area (Å²) in [5, 5.41) is 0. The van der Waals surface area contributed by atoms with Gasteiger partial charge in [0.15, 0.2) is 0 Å². The molecule has 2 aliphatic rings. The Morgan fingerprint density at radius 3 is 2.81 bits per heavy atom. The molecule has 0 aliphatic carbocycles. The van der Waals surface area contributed by atoms with Crippen molar-refractivity contribution < 1.29 is 9.53 Å². The number of hydrogen-bond donors (Lipinski definition) is 0. The first kappa shape index (κ1) is 14.7. The molecule has 0 spiro atoms. The van der Waals surface area contributed by atoms with Crippen LogP contribution >= 0.6 is 9.24 Å². The Hall–Kier alpha value is -1.18. The SMILES string of the molecule is C=C1CC2CCC(c3ccc(C(=O)OC)cc3)(C1)N2CP. The lowest BCUT2D eigenvalue weighted by Crippen LogP contribution is -2.47. The van der Waals surface area contributed by atoms with E-state index in [-0.39, 0.29) is 11.5 Å². The summed E-state index contributed by atoms with van der Waals surface area (Å²) >= 11 is 0. The fourth-order valence-electron chi connectivity index (χ4n) is 4.05. The van der Waals surface area contributed by atoms with Gasteiger partial charge < -0.3 is 4.74 Å². The minimum Gasteiger partial charge on any atom is -0.465 e. The summed E-state index contributed by atoms with van der Waals surface area (Å²) in [7, 11) is 4.28. The standard InChI is InChI=1S/C17H22NO2P/c1-12-9-15-7-8-17(10-12,18(15)11-21)14-5-3-13(4-6-14)16(19)20-2/h3-6,15H,1,7-11,21H2,2H3. The van der Waals surface area contributed by atoms with E-state index in [0.29, 0.717) is 11.6 Å². The molecule has 3 atom stereocenters. The third-order valence-electron chi connectivity index (χ3n) is 4.99. The van der Waals surface area contributed by atoms with Crippen molar-refractivity contribution in [2.45, 2.75) is 37.3 Å². The normalized spacial score (nSPS) is 28.7. The number of methoxy groups -OCH3 is 1. The maximum atomic E-state index is 11.6. The van der Waals surface area contributed by atoms with Gasteiger partial charge in [0, 0.05) is 12.3 Å². The quantitative estimate of drug-likeness (QED) is 0.487. The number of hydrogen-bond acceptors (Lipinski definition) is 3. The van der Waals surface area contributed by atoms with Crippen LogP contribution in [0.15, 0.2) is 36.4 Å². The molecule has 112 valence electrons. The van der Waals surface area contributed by atoms with Gasteiger partial charge in [-0.3, -0.25) is 4.90 Å². The van der Waals surface area contributed by atoms with E-state index in [1.54, 1.807) is 0 Å². The van der Waals surface area contributed by atoms with Gasteiger partial charge in [0.25, 0.3) is 0 Å². The average molecular weight is 303 g/mol. The summed E-state index contributed by atoms with van der Waals surface area (Å²) < 4.78 is 4.77. The summed E-state index contributed by atoms with van der Waals surface area (Å²) in [5.41, 5.74) is 3.32. The van der Waals surface area contributed by atoms with Crippen LogP contribution in [0.3, 0.4) is 0 Å². The maximum absolute atomic E-state index is 11.6. The minimum absolute atomic E-state index is 0.0659. The highest BCUT2D eigenvalue weighted by atomic mass is 31.0. The Bertz CT molecular complexity index is 569. The fraction of sp³-hybridized carbons (Fsp3) is 0.471. The van der Waals surface area contributed by atoms with E-state index in [1.165, 1.54) is 31.1 Å². The molecule has 3 rings (SSSR count). The van der Waals surface area contributed by atoms with Gasteiger partial charge in [-0.1, -0.05) is 24.3 Å². The Labute approximate surface area is 128 Å². The van der Waals surface area contributed by atoms with Crippen molar-refractivity contribution in [3.05, 3.63) is 47.5 Å². The van der Waals surface area contributed by atoms with Crippen LogP contribution in [-0.2, 0) is 10.3 Å². The summed E-state index contributed by atoms with van der Waals surface area (Å²) in [6.07, 6.45) is 5.53. The number of piperidine rings is 1. The van der Waals surface area contributed by atoms with Gasteiger partial charge in [-0.15, -0.1) is 9.24 Å². The molecule has 2 fully saturated rings. The molecule has 3 unspecified atom stereocenters. The predicted octanol–water partition coefficient (Wildman–Crippen LogP) is 3.32. The van der Waals surface area contributed by atoms with Crippen molar-refractivity contribution in [2.75, 3.05) is 13.4 Å². The minimum atomic E-state index is -0.278. The molecule has 2 heterocycles. The fourth-order valence-corrected chi connectivity index (χ4v) is 4.69. The van der Waals surface area contributed by atoms with Crippen molar-refractivity contribution in [2.24, 2.45) is 0 Å². The largest absolute Gasteiger partial charge is 0.465 e. The molecule has 21 heavy (non-hydrogen) atoms. The average Bonchev–Trinajstić information content (AvgIpc) is 2.74. The first-order valence-corrected chi connectivity index (χ1v) is 8.24. The molecule has 0 N–H and O–H groups in total. The van der Waals surface area contributed by atoms with Gasteiger partial charge in [-0.2, -0.15) is 0 Å². The highest BCUT2D eigenvalue weighted by Gasteiger charge is 2.49. The zero-order valence-electron chi connectivity index (χ0n) is 12.5. The topological polar surface area (TPSA) is 29.5 Å². The molecule has 0 radical (unpaired) electrons. The third kappa shape index (κ3) is 2.33. The zero-order valence-corrected chi connectivity index (χ0v) is 13.6. The van der Waals surface area contributed by atoms with Crippen LogP contribution in [0.25, 0.3) is 0 Å². The third-order valence-corrected chi connectivity index (χ3v) is 5.38. The number of benzene rings is 1. The lowest BCUT2D eigenvalue weighted by atomic mass is 9.80. The van der Waals surface area contributed by atoms with Crippen LogP contribution < -0.4 is 0 Å². The van der Waals surface area contributed by atoms with Crippen molar-refractivity contribution in [1.29, 1.82) is 0 Å². The van der Waals surface area contributed by atoms with Crippen LogP contribution in [0.1, 0.15) is 41.6 Å². The zero-order chi connectivity index (χ0) is 15.0. The van der Waals surface area contributed by atoms with Crippen LogP contribution in [0.2, 0.25) is 0 Å². The molecule has 0 amide bonds. The van der Waals surface area contributed by atoms with E-state index < -0.39 is 0 Å². The highest BCUT2D eigenvalue weighted by Crippen LogP contribution is 2.52. The van der Waals surface area contributed by atoms with Gasteiger partial charge in [-0.05, 0) is 43.4 Å². The summed E-state index contributed by atoms with van der Waals surface area (Å²) in [6, 6.07) is 8.54. The van der Waals surface area contributed by atoms with Crippen LogP contribution in [0, 0.1) is 0 Å². The Morgan fingerprint density at radius 1 is 1.48 bits per heavy atom. The van der Waals surface area contributed by atoms with E-state index in [0.717, 1.165) is 19.1 Å². The molecule has 2 bridgehead atoms. The molecule has 2 aliphatic heterocycles. The van der Waals surface area contributed by atoms with Gasteiger partial charge in [0.2, 0.25) is 0 Å². The molecule has 0 aromatic heterocycles. The van der Waals surface area contributed by atoms with Crippen LogP contribution in [-0.4, -0.2) is 30.3 Å². The molecule has 1 aromatic carbocycles. The summed E-state index contributed by atoms with van der Waals surface area (Å²) in [5.74, 6) is -0.278. The maximum Gasteiger partial charge on any atom is 0.337 e. The smallest absolute Gasteiger partial charge is 0.337 e. The molecular formula is C17H22NO2P. The molecule has 3 nitrogen and oxygen atoms in total. The van der Waals surface area contributed by atoms with Crippen molar-refractivity contribution in [3.8, 4) is 0 Å². The monoisotopic (exact) mass is 303 g/mol. The van der Waals surface area contributed by atoms with Gasteiger partial charge in [-0.25, -0.2) is 4.79 Å². The molecule has 0 saturated carbocycles. The number of carbonyl (C=O) groups excluding carboxylic acids is 1. The van der Waals surface area contributed by atoms with E-state index in [1.807, 2.05) is 12.1 Å². The molecule has 2 saturated heterocycles. The van der Waals surface area contributed by atoms with Crippen molar-refractivity contribution in [1.82, 2.24) is 4.90 Å². The highest BCUT2D eigenvalue weighted by molar-refractivity contribution is 7.16. The van der Waals surface area contributed by atoms with Gasteiger partial charge >= 0.3 is 5.97 Å². The first-order chi connectivity index (χ1) is 10.1. The number of esters is 1.